The summed E-state index contributed by atoms with van der Waals surface area (Å²) in [5.74, 6) is -0.282. The number of carbonyl (C=O) groups is 1. The molecule has 0 spiro atoms. The van der Waals surface area contributed by atoms with Crippen molar-refractivity contribution in [3.8, 4) is 0 Å². The van der Waals surface area contributed by atoms with Gasteiger partial charge in [-0.05, 0) is 0 Å². The van der Waals surface area contributed by atoms with E-state index in [-0.39, 0.29) is 18.1 Å². The van der Waals surface area contributed by atoms with Gasteiger partial charge in [0.25, 0.3) is 0 Å². The molecule has 0 bridgehead atoms. The van der Waals surface area contributed by atoms with Crippen LogP contribution >= 0.6 is 0 Å². The molecule has 0 aliphatic rings. The van der Waals surface area contributed by atoms with Crippen LogP contribution in [0.4, 0.5) is 5.69 Å². The van der Waals surface area contributed by atoms with Gasteiger partial charge in [0.05, 0.1) is 0 Å². The van der Waals surface area contributed by atoms with Crippen molar-refractivity contribution in [1.29, 1.82) is 0 Å². The fourth-order valence-corrected chi connectivity index (χ4v) is 4.90. The number of ether oxygens (including phenoxy) is 1. The van der Waals surface area contributed by atoms with Crippen molar-refractivity contribution in [3.63, 3.8) is 0 Å². The summed E-state index contributed by atoms with van der Waals surface area (Å²) in [5.41, 5.74) is 1.62. The first-order valence-electron chi connectivity index (χ1n) is 8.98. The van der Waals surface area contributed by atoms with E-state index in [1.807, 2.05) is 61.5 Å². The fraction of sp³-hybridized carbons (Fsp3) is 0.174. The predicted octanol–water partition coefficient (Wildman–Crippen LogP) is 4.16. The molecule has 3 aromatic carbocycles. The third-order valence-corrected chi connectivity index (χ3v) is 6.54. The summed E-state index contributed by atoms with van der Waals surface area (Å²) >= 11 is 0.293. The topological polar surface area (TPSA) is 38.3 Å². The molecule has 3 nitrogen and oxygen atoms in total. The van der Waals surface area contributed by atoms with E-state index in [4.69, 9.17) is 4.74 Å². The molecule has 3 aromatic rings. The number of esters is 1. The minimum atomic E-state index is -0.282. The molecular formula is C23H23NO2Se. The van der Waals surface area contributed by atoms with Crippen molar-refractivity contribution < 1.29 is 9.53 Å². The number of rotatable bonds is 8. The molecule has 0 heterocycles. The third kappa shape index (κ3) is 5.99. The Morgan fingerprint density at radius 1 is 0.889 bits per heavy atom. The number of anilines is 1. The molecule has 0 aromatic heterocycles. The molecule has 138 valence electrons. The van der Waals surface area contributed by atoms with Crippen molar-refractivity contribution in [2.45, 2.75) is 24.4 Å². The predicted molar refractivity (Wildman–Crippen MR) is 112 cm³/mol. The Labute approximate surface area is 166 Å². The molecule has 1 N–H and O–H groups in total. The Balaban J connectivity index is 1.68. The average molecular weight is 424 g/mol. The quantitative estimate of drug-likeness (QED) is 0.436. The van der Waals surface area contributed by atoms with Crippen LogP contribution in [0.5, 0.6) is 0 Å². The normalized spacial score (nSPS) is 12.8. The molecule has 0 radical (unpaired) electrons. The zero-order chi connectivity index (χ0) is 18.9. The van der Waals surface area contributed by atoms with Crippen LogP contribution in [0.1, 0.15) is 17.3 Å². The van der Waals surface area contributed by atoms with Crippen LogP contribution < -0.4 is 9.78 Å². The van der Waals surface area contributed by atoms with E-state index in [0.717, 1.165) is 11.0 Å². The molecule has 0 saturated carbocycles. The van der Waals surface area contributed by atoms with Crippen LogP contribution in [0.3, 0.4) is 0 Å². The summed E-state index contributed by atoms with van der Waals surface area (Å²) in [4.78, 5) is 12.4. The average Bonchev–Trinajstić information content (AvgIpc) is 2.73. The SMILES string of the molecule is CC(OC(=O)c1ccccc1)C(C[Se]c1ccccc1)Nc1ccccc1. The summed E-state index contributed by atoms with van der Waals surface area (Å²) < 4.78 is 7.11. The van der Waals surface area contributed by atoms with E-state index >= 15 is 0 Å². The molecule has 0 aliphatic carbocycles. The molecular weight excluding hydrogens is 401 g/mol. The molecule has 0 aliphatic heterocycles. The summed E-state index contributed by atoms with van der Waals surface area (Å²) in [6.45, 7) is 1.96. The zero-order valence-electron chi connectivity index (χ0n) is 15.2. The number of hydrogen-bond acceptors (Lipinski definition) is 3. The summed E-state index contributed by atoms with van der Waals surface area (Å²) in [5, 5.41) is 4.47. The van der Waals surface area contributed by atoms with Gasteiger partial charge in [0.1, 0.15) is 0 Å². The third-order valence-electron chi connectivity index (χ3n) is 4.17. The Morgan fingerprint density at radius 2 is 1.44 bits per heavy atom. The van der Waals surface area contributed by atoms with Crippen molar-refractivity contribution >= 4 is 31.1 Å². The molecule has 0 saturated heterocycles. The van der Waals surface area contributed by atoms with Gasteiger partial charge in [0.2, 0.25) is 0 Å². The van der Waals surface area contributed by atoms with Crippen molar-refractivity contribution in [2.75, 3.05) is 5.32 Å². The number of carbonyl (C=O) groups excluding carboxylic acids is 1. The minimum absolute atomic E-state index is 0.0419. The molecule has 2 unspecified atom stereocenters. The molecule has 3 rings (SSSR count). The van der Waals surface area contributed by atoms with Gasteiger partial charge in [-0.2, -0.15) is 0 Å². The van der Waals surface area contributed by atoms with Crippen LogP contribution in [0, 0.1) is 0 Å². The van der Waals surface area contributed by atoms with Gasteiger partial charge in [-0.3, -0.25) is 0 Å². The van der Waals surface area contributed by atoms with Crippen molar-refractivity contribution in [1.82, 2.24) is 0 Å². The zero-order valence-corrected chi connectivity index (χ0v) is 17.0. The van der Waals surface area contributed by atoms with Crippen LogP contribution in [-0.2, 0) is 4.74 Å². The van der Waals surface area contributed by atoms with Gasteiger partial charge in [-0.25, -0.2) is 0 Å². The van der Waals surface area contributed by atoms with Gasteiger partial charge in [-0.1, -0.05) is 0 Å². The number of hydrogen-bond donors (Lipinski definition) is 1. The number of para-hydroxylation sites is 1. The van der Waals surface area contributed by atoms with Crippen molar-refractivity contribution in [3.05, 3.63) is 96.6 Å². The molecule has 27 heavy (non-hydrogen) atoms. The molecule has 2 atom stereocenters. The molecule has 4 heteroatoms. The van der Waals surface area contributed by atoms with Gasteiger partial charge >= 0.3 is 167 Å². The monoisotopic (exact) mass is 425 g/mol. The second kappa shape index (κ2) is 9.96. The maximum absolute atomic E-state index is 12.4. The second-order valence-electron chi connectivity index (χ2n) is 6.22. The summed E-state index contributed by atoms with van der Waals surface area (Å²) in [6.07, 6.45) is -0.247. The van der Waals surface area contributed by atoms with Crippen LogP contribution in [-0.4, -0.2) is 33.1 Å². The molecule has 0 amide bonds. The summed E-state index contributed by atoms with van der Waals surface area (Å²) in [7, 11) is 0. The second-order valence-corrected chi connectivity index (χ2v) is 8.51. The Morgan fingerprint density at radius 3 is 2.07 bits per heavy atom. The number of nitrogens with one attached hydrogen (secondary N) is 1. The van der Waals surface area contributed by atoms with E-state index in [1.165, 1.54) is 4.46 Å². The Hall–Kier alpha value is -2.55. The van der Waals surface area contributed by atoms with Gasteiger partial charge in [0, 0.05) is 0 Å². The fourth-order valence-electron chi connectivity index (χ4n) is 2.64. The van der Waals surface area contributed by atoms with Crippen LogP contribution in [0.25, 0.3) is 0 Å². The van der Waals surface area contributed by atoms with Gasteiger partial charge in [-0.15, -0.1) is 0 Å². The van der Waals surface area contributed by atoms with E-state index in [9.17, 15) is 4.79 Å². The number of benzene rings is 3. The first kappa shape index (κ1) is 19.2. The van der Waals surface area contributed by atoms with Crippen LogP contribution in [0.2, 0.25) is 5.32 Å². The van der Waals surface area contributed by atoms with E-state index < -0.39 is 0 Å². The van der Waals surface area contributed by atoms with E-state index in [0.29, 0.717) is 20.5 Å². The molecule has 0 fully saturated rings. The maximum atomic E-state index is 12.4. The van der Waals surface area contributed by atoms with Crippen molar-refractivity contribution in [2.24, 2.45) is 0 Å². The standard InChI is InChI=1S/C23H23NO2Se/c1-18(26-23(25)19-11-5-2-6-12-19)22(24-20-13-7-3-8-14-20)17-27-21-15-9-4-10-16-21/h2-16,18,22,24H,17H2,1H3. The Kier molecular flexibility index (Phi) is 7.09. The van der Waals surface area contributed by atoms with E-state index in [1.54, 1.807) is 12.1 Å². The first-order chi connectivity index (χ1) is 13.2. The Bertz CT molecular complexity index is 825. The van der Waals surface area contributed by atoms with Gasteiger partial charge in [0.15, 0.2) is 0 Å². The van der Waals surface area contributed by atoms with Gasteiger partial charge < -0.3 is 0 Å². The van der Waals surface area contributed by atoms with Crippen LogP contribution in [0.15, 0.2) is 91.0 Å². The first-order valence-corrected chi connectivity index (χ1v) is 11.0. The van der Waals surface area contributed by atoms with E-state index in [2.05, 4.69) is 29.6 Å². The summed E-state index contributed by atoms with van der Waals surface area (Å²) in [6, 6.07) is 29.7.